The van der Waals surface area contributed by atoms with Crippen LogP contribution < -0.4 is 0 Å². The Bertz CT molecular complexity index is 1100. The van der Waals surface area contributed by atoms with Crippen molar-refractivity contribution in [3.8, 4) is 11.1 Å². The van der Waals surface area contributed by atoms with Crippen LogP contribution in [0.2, 0.25) is 0 Å². The molecule has 2 radical (unpaired) electrons. The minimum absolute atomic E-state index is 0.334. The summed E-state index contributed by atoms with van der Waals surface area (Å²) < 4.78 is 11.6. The summed E-state index contributed by atoms with van der Waals surface area (Å²) in [4.78, 5) is 25.7. The number of piperidine rings is 2. The lowest BCUT2D eigenvalue weighted by molar-refractivity contribution is -0.298. The van der Waals surface area contributed by atoms with E-state index in [0.29, 0.717) is 36.8 Å². The van der Waals surface area contributed by atoms with Gasteiger partial charge in [0.05, 0.1) is 11.1 Å². The molecule has 8 nitrogen and oxygen atoms in total. The molecule has 0 N–H and O–H groups in total. The van der Waals surface area contributed by atoms with Gasteiger partial charge in [-0.1, -0.05) is 24.3 Å². The van der Waals surface area contributed by atoms with E-state index in [0.717, 1.165) is 21.3 Å². The Labute approximate surface area is 237 Å². The molecule has 0 atom stereocenters. The Kier molecular flexibility index (Phi) is 7.97. The molecule has 4 rings (SSSR count). The number of ether oxygens (including phenoxy) is 2. The molecule has 0 bridgehead atoms. The molecule has 2 aliphatic heterocycles. The molecule has 2 heterocycles. The first-order valence-electron chi connectivity index (χ1n) is 14.0. The van der Waals surface area contributed by atoms with E-state index in [-0.39, 0.29) is 12.2 Å². The Hall–Kier alpha value is -2.78. The van der Waals surface area contributed by atoms with Crippen molar-refractivity contribution in [1.29, 1.82) is 0 Å². The first-order chi connectivity index (χ1) is 18.4. The van der Waals surface area contributed by atoms with Crippen molar-refractivity contribution in [3.63, 3.8) is 0 Å². The van der Waals surface area contributed by atoms with E-state index in [1.165, 1.54) is 0 Å². The topological polar surface area (TPSA) is 98.9 Å². The predicted octanol–water partition coefficient (Wildman–Crippen LogP) is 6.40. The molecule has 2 aromatic carbocycles. The number of esters is 2. The second-order valence-electron chi connectivity index (χ2n) is 13.9. The van der Waals surface area contributed by atoms with E-state index >= 15 is 0 Å². The van der Waals surface area contributed by atoms with Crippen molar-refractivity contribution in [3.05, 3.63) is 59.7 Å². The molecule has 216 valence electrons. The number of hydroxylamine groups is 4. The highest BCUT2D eigenvalue weighted by Gasteiger charge is 2.48. The van der Waals surface area contributed by atoms with Gasteiger partial charge in [-0.2, -0.15) is 0 Å². The Balaban J connectivity index is 1.37. The van der Waals surface area contributed by atoms with Gasteiger partial charge in [0.15, 0.2) is 0 Å². The highest BCUT2D eigenvalue weighted by molar-refractivity contribution is 5.91. The molecule has 2 fully saturated rings. The minimum Gasteiger partial charge on any atom is -0.459 e. The number of carbonyl (C=O) groups is 2. The molecular formula is C32H42N2O6. The SMILES string of the molecule is CC1(C)CC(OC(=O)c2ccc(-c3ccc(C(=O)OC4CC(C)(C)N([O])C(C)(C)C4)cc3)cc2)CC(C)(C)N1[O]. The lowest BCUT2D eigenvalue weighted by Gasteiger charge is -2.49. The van der Waals surface area contributed by atoms with Crippen LogP contribution in [0.15, 0.2) is 48.5 Å². The summed E-state index contributed by atoms with van der Waals surface area (Å²) in [6.07, 6.45) is 1.24. The smallest absolute Gasteiger partial charge is 0.338 e. The van der Waals surface area contributed by atoms with E-state index in [2.05, 4.69) is 0 Å². The number of hydrogen-bond donors (Lipinski definition) is 0. The maximum Gasteiger partial charge on any atom is 0.338 e. The lowest BCUT2D eigenvalue weighted by atomic mass is 9.80. The van der Waals surface area contributed by atoms with Crippen LogP contribution in [-0.4, -0.2) is 56.4 Å². The van der Waals surface area contributed by atoms with Crippen molar-refractivity contribution >= 4 is 11.9 Å². The highest BCUT2D eigenvalue weighted by atomic mass is 16.6. The maximum absolute atomic E-state index is 12.9. The number of hydrogen-bond acceptors (Lipinski definition) is 6. The van der Waals surface area contributed by atoms with Crippen molar-refractivity contribution in [2.45, 2.75) is 115 Å². The van der Waals surface area contributed by atoms with Gasteiger partial charge in [0.25, 0.3) is 0 Å². The van der Waals surface area contributed by atoms with E-state index < -0.39 is 34.1 Å². The summed E-state index contributed by atoms with van der Waals surface area (Å²) in [7, 11) is 0. The number of rotatable bonds is 5. The molecule has 0 unspecified atom stereocenters. The van der Waals surface area contributed by atoms with Crippen LogP contribution in [0.5, 0.6) is 0 Å². The summed E-state index contributed by atoms with van der Waals surface area (Å²) in [5.41, 5.74) is 0.217. The molecule has 0 amide bonds. The summed E-state index contributed by atoms with van der Waals surface area (Å²) >= 11 is 0. The quantitative estimate of drug-likeness (QED) is 0.400. The molecule has 2 aromatic rings. The second kappa shape index (κ2) is 10.6. The first-order valence-corrected chi connectivity index (χ1v) is 14.0. The van der Waals surface area contributed by atoms with Crippen LogP contribution >= 0.6 is 0 Å². The molecule has 0 spiro atoms. The Morgan fingerprint density at radius 3 is 1.05 bits per heavy atom. The molecule has 0 aliphatic carbocycles. The zero-order valence-electron chi connectivity index (χ0n) is 24.9. The second-order valence-corrected chi connectivity index (χ2v) is 13.9. The highest BCUT2D eigenvalue weighted by Crippen LogP contribution is 2.39. The van der Waals surface area contributed by atoms with Crippen LogP contribution in [-0.2, 0) is 19.9 Å². The molecule has 2 aliphatic rings. The average Bonchev–Trinajstić information content (AvgIpc) is 2.85. The minimum atomic E-state index is -0.614. The van der Waals surface area contributed by atoms with Crippen LogP contribution in [0.25, 0.3) is 11.1 Å². The van der Waals surface area contributed by atoms with Gasteiger partial charge in [-0.05, 0) is 90.8 Å². The van der Waals surface area contributed by atoms with E-state index in [4.69, 9.17) is 9.47 Å². The maximum atomic E-state index is 12.9. The fourth-order valence-electron chi connectivity index (χ4n) is 6.55. The van der Waals surface area contributed by atoms with Crippen LogP contribution in [0.4, 0.5) is 0 Å². The monoisotopic (exact) mass is 550 g/mol. The Morgan fingerprint density at radius 2 is 0.800 bits per heavy atom. The zero-order valence-corrected chi connectivity index (χ0v) is 24.9. The summed E-state index contributed by atoms with van der Waals surface area (Å²) in [5.74, 6) is -0.815. The Morgan fingerprint density at radius 1 is 0.550 bits per heavy atom. The largest absolute Gasteiger partial charge is 0.459 e. The molecular weight excluding hydrogens is 508 g/mol. The van der Waals surface area contributed by atoms with Crippen molar-refractivity contribution in [1.82, 2.24) is 10.1 Å². The molecule has 40 heavy (non-hydrogen) atoms. The van der Waals surface area contributed by atoms with Gasteiger partial charge in [-0.3, -0.25) is 0 Å². The average molecular weight is 551 g/mol. The molecule has 0 saturated carbocycles. The van der Waals surface area contributed by atoms with Crippen LogP contribution in [0.1, 0.15) is 102 Å². The fraction of sp³-hybridized carbons (Fsp3) is 0.562. The lowest BCUT2D eigenvalue weighted by Crippen LogP contribution is -2.60. The van der Waals surface area contributed by atoms with Gasteiger partial charge in [0, 0.05) is 47.8 Å². The van der Waals surface area contributed by atoms with Gasteiger partial charge in [-0.25, -0.2) is 9.59 Å². The van der Waals surface area contributed by atoms with Gasteiger partial charge in [0.1, 0.15) is 12.2 Å². The van der Waals surface area contributed by atoms with E-state index in [9.17, 15) is 20.0 Å². The third-order valence-electron chi connectivity index (χ3n) is 8.23. The predicted molar refractivity (Wildman–Crippen MR) is 150 cm³/mol. The van der Waals surface area contributed by atoms with Gasteiger partial charge in [-0.15, -0.1) is 20.5 Å². The third-order valence-corrected chi connectivity index (χ3v) is 8.23. The van der Waals surface area contributed by atoms with E-state index in [1.54, 1.807) is 24.3 Å². The van der Waals surface area contributed by atoms with E-state index in [1.807, 2.05) is 79.7 Å². The summed E-state index contributed by atoms with van der Waals surface area (Å²) in [6.45, 7) is 15.0. The van der Waals surface area contributed by atoms with Crippen molar-refractivity contribution in [2.24, 2.45) is 0 Å². The fourth-order valence-corrected chi connectivity index (χ4v) is 6.55. The van der Waals surface area contributed by atoms with Crippen LogP contribution in [0.3, 0.4) is 0 Å². The summed E-state index contributed by atoms with van der Waals surface area (Å²) in [6, 6.07) is 14.3. The standard InChI is InChI=1S/C32H42N2O6/c1-29(2)17-25(18-30(3,4)33(29)37)39-27(35)23-13-9-21(10-14-23)22-11-15-24(16-12-22)28(36)40-26-19-31(5,6)34(38)32(7,8)20-26/h9-16,25-26H,17-20H2,1-8H3. The van der Waals surface area contributed by atoms with Gasteiger partial charge >= 0.3 is 11.9 Å². The van der Waals surface area contributed by atoms with Crippen LogP contribution in [0, 0.1) is 0 Å². The van der Waals surface area contributed by atoms with Crippen molar-refractivity contribution < 1.29 is 29.5 Å². The summed E-state index contributed by atoms with van der Waals surface area (Å²) in [5, 5.41) is 27.4. The van der Waals surface area contributed by atoms with Gasteiger partial charge < -0.3 is 9.47 Å². The molecule has 0 aromatic heterocycles. The number of nitrogens with zero attached hydrogens (tertiary/aromatic N) is 2. The zero-order chi connectivity index (χ0) is 29.7. The number of benzene rings is 2. The third kappa shape index (κ3) is 6.25. The molecule has 8 heteroatoms. The first kappa shape index (κ1) is 30.2. The number of carbonyl (C=O) groups excluding carboxylic acids is 2. The normalized spacial score (nSPS) is 22.9. The van der Waals surface area contributed by atoms with Gasteiger partial charge in [0.2, 0.25) is 0 Å². The molecule has 2 saturated heterocycles. The van der Waals surface area contributed by atoms with Crippen molar-refractivity contribution in [2.75, 3.05) is 0 Å².